The average molecular weight is 278 g/mol. The van der Waals surface area contributed by atoms with Crippen LogP contribution in [0.1, 0.15) is 36.2 Å². The molecule has 0 radical (unpaired) electrons. The van der Waals surface area contributed by atoms with Crippen LogP contribution in [0.15, 0.2) is 18.2 Å². The lowest BCUT2D eigenvalue weighted by Gasteiger charge is -2.23. The van der Waals surface area contributed by atoms with Gasteiger partial charge in [-0.1, -0.05) is 19.9 Å². The lowest BCUT2D eigenvalue weighted by atomic mass is 10.1. The van der Waals surface area contributed by atoms with Crippen molar-refractivity contribution in [2.75, 3.05) is 24.6 Å². The third-order valence-electron chi connectivity index (χ3n) is 3.56. The summed E-state index contributed by atoms with van der Waals surface area (Å²) in [5.41, 5.74) is 8.27. The van der Waals surface area contributed by atoms with E-state index in [-0.39, 0.29) is 10.7 Å². The van der Waals surface area contributed by atoms with Crippen LogP contribution in [-0.4, -0.2) is 34.4 Å². The molecule has 1 heterocycles. The second-order valence-corrected chi connectivity index (χ2v) is 7.54. The van der Waals surface area contributed by atoms with E-state index in [9.17, 15) is 4.79 Å². The van der Waals surface area contributed by atoms with E-state index < -0.39 is 0 Å². The molecule has 1 aromatic carbocycles. The Kier molecular flexibility index (Phi) is 4.09. The number of benzene rings is 1. The van der Waals surface area contributed by atoms with E-state index in [0.29, 0.717) is 11.3 Å². The fourth-order valence-corrected chi connectivity index (χ4v) is 3.37. The molecule has 0 bridgehead atoms. The zero-order valence-electron chi connectivity index (χ0n) is 11.9. The summed E-state index contributed by atoms with van der Waals surface area (Å²) in [5, 5.41) is 0. The van der Waals surface area contributed by atoms with Crippen LogP contribution in [-0.2, 0) is 0 Å². The summed E-state index contributed by atoms with van der Waals surface area (Å²) >= 11 is 1.94. The van der Waals surface area contributed by atoms with Crippen molar-refractivity contribution in [3.8, 4) is 0 Å². The summed E-state index contributed by atoms with van der Waals surface area (Å²) < 4.78 is 0.258. The molecule has 1 saturated heterocycles. The van der Waals surface area contributed by atoms with Gasteiger partial charge in [0.2, 0.25) is 0 Å². The van der Waals surface area contributed by atoms with Gasteiger partial charge in [0.25, 0.3) is 5.91 Å². The number of aryl methyl sites for hydroxylation is 1. The SMILES string of the molecule is Cc1ccc(C(=O)N2CCSC(C)(C)CC2)c(N)c1. The molecule has 1 aliphatic rings. The molecule has 1 aromatic rings. The molecular formula is C15H22N2OS. The first kappa shape index (κ1) is 14.3. The van der Waals surface area contributed by atoms with E-state index in [4.69, 9.17) is 5.73 Å². The van der Waals surface area contributed by atoms with Crippen molar-refractivity contribution >= 4 is 23.4 Å². The number of carbonyl (C=O) groups is 1. The Morgan fingerprint density at radius 2 is 2.11 bits per heavy atom. The van der Waals surface area contributed by atoms with E-state index in [1.54, 1.807) is 0 Å². The van der Waals surface area contributed by atoms with Crippen molar-refractivity contribution in [1.82, 2.24) is 4.90 Å². The third-order valence-corrected chi connectivity index (χ3v) is 4.93. The van der Waals surface area contributed by atoms with Gasteiger partial charge in [-0.05, 0) is 31.0 Å². The minimum Gasteiger partial charge on any atom is -0.398 e. The summed E-state index contributed by atoms with van der Waals surface area (Å²) in [4.78, 5) is 14.5. The number of amides is 1. The van der Waals surface area contributed by atoms with E-state index in [0.717, 1.165) is 30.8 Å². The Morgan fingerprint density at radius 3 is 2.79 bits per heavy atom. The van der Waals surface area contributed by atoms with Crippen molar-refractivity contribution in [1.29, 1.82) is 0 Å². The topological polar surface area (TPSA) is 46.3 Å². The number of hydrogen-bond donors (Lipinski definition) is 1. The minimum absolute atomic E-state index is 0.0656. The van der Waals surface area contributed by atoms with Crippen LogP contribution >= 0.6 is 11.8 Å². The van der Waals surface area contributed by atoms with Gasteiger partial charge in [0.1, 0.15) is 0 Å². The number of carbonyl (C=O) groups excluding carboxylic acids is 1. The number of nitrogens with two attached hydrogens (primary N) is 1. The van der Waals surface area contributed by atoms with Crippen molar-refractivity contribution < 1.29 is 4.79 Å². The van der Waals surface area contributed by atoms with Crippen LogP contribution in [0, 0.1) is 6.92 Å². The first-order valence-electron chi connectivity index (χ1n) is 6.68. The van der Waals surface area contributed by atoms with Crippen LogP contribution in [0.5, 0.6) is 0 Å². The second kappa shape index (κ2) is 5.45. The molecule has 0 aromatic heterocycles. The minimum atomic E-state index is 0.0656. The van der Waals surface area contributed by atoms with Crippen molar-refractivity contribution in [3.63, 3.8) is 0 Å². The monoisotopic (exact) mass is 278 g/mol. The Labute approximate surface area is 119 Å². The highest BCUT2D eigenvalue weighted by molar-refractivity contribution is 8.00. The van der Waals surface area contributed by atoms with Crippen LogP contribution in [0.4, 0.5) is 5.69 Å². The van der Waals surface area contributed by atoms with E-state index >= 15 is 0 Å². The van der Waals surface area contributed by atoms with Gasteiger partial charge in [-0.25, -0.2) is 0 Å². The molecular weight excluding hydrogens is 256 g/mol. The van der Waals surface area contributed by atoms with Crippen molar-refractivity contribution in [2.45, 2.75) is 31.9 Å². The van der Waals surface area contributed by atoms with Gasteiger partial charge in [0.15, 0.2) is 0 Å². The number of hydrogen-bond acceptors (Lipinski definition) is 3. The first-order chi connectivity index (χ1) is 8.89. The summed E-state index contributed by atoms with van der Waals surface area (Å²) in [6, 6.07) is 5.65. The summed E-state index contributed by atoms with van der Waals surface area (Å²) in [6.45, 7) is 8.08. The summed E-state index contributed by atoms with van der Waals surface area (Å²) in [7, 11) is 0. The lowest BCUT2D eigenvalue weighted by Crippen LogP contribution is -2.34. The molecule has 104 valence electrons. The Hall–Kier alpha value is -1.16. The molecule has 1 amide bonds. The van der Waals surface area contributed by atoms with Crippen molar-refractivity contribution in [2.24, 2.45) is 0 Å². The van der Waals surface area contributed by atoms with Crippen LogP contribution in [0.2, 0.25) is 0 Å². The summed E-state index contributed by atoms with van der Waals surface area (Å²) in [6.07, 6.45) is 1.02. The number of nitrogen functional groups attached to an aromatic ring is 1. The maximum atomic E-state index is 12.5. The molecule has 3 nitrogen and oxygen atoms in total. The number of thioether (sulfide) groups is 1. The molecule has 0 spiro atoms. The second-order valence-electron chi connectivity index (χ2n) is 5.74. The van der Waals surface area contributed by atoms with Gasteiger partial charge < -0.3 is 10.6 Å². The molecule has 2 N–H and O–H groups in total. The first-order valence-corrected chi connectivity index (χ1v) is 7.67. The van der Waals surface area contributed by atoms with Gasteiger partial charge >= 0.3 is 0 Å². The predicted molar refractivity (Wildman–Crippen MR) is 82.6 cm³/mol. The quantitative estimate of drug-likeness (QED) is 0.803. The predicted octanol–water partition coefficient (Wildman–Crippen LogP) is 2.93. The summed E-state index contributed by atoms with van der Waals surface area (Å²) in [5.74, 6) is 1.06. The van der Waals surface area contributed by atoms with Crippen LogP contribution in [0.3, 0.4) is 0 Å². The maximum Gasteiger partial charge on any atom is 0.255 e. The highest BCUT2D eigenvalue weighted by Gasteiger charge is 2.27. The molecule has 0 unspecified atom stereocenters. The molecule has 4 heteroatoms. The highest BCUT2D eigenvalue weighted by Crippen LogP contribution is 2.31. The lowest BCUT2D eigenvalue weighted by molar-refractivity contribution is 0.0765. The van der Waals surface area contributed by atoms with E-state index in [1.165, 1.54) is 0 Å². The van der Waals surface area contributed by atoms with Gasteiger partial charge in [0, 0.05) is 29.3 Å². The standard InChI is InChI=1S/C15H22N2OS/c1-11-4-5-12(13(16)10-11)14(18)17-7-6-15(2,3)19-9-8-17/h4-5,10H,6-9,16H2,1-3H3. The maximum absolute atomic E-state index is 12.5. The van der Waals surface area contributed by atoms with Crippen molar-refractivity contribution in [3.05, 3.63) is 29.3 Å². The highest BCUT2D eigenvalue weighted by atomic mass is 32.2. The molecule has 0 aliphatic carbocycles. The Morgan fingerprint density at radius 1 is 1.37 bits per heavy atom. The molecule has 0 saturated carbocycles. The zero-order chi connectivity index (χ0) is 14.0. The number of nitrogens with zero attached hydrogens (tertiary/aromatic N) is 1. The molecule has 1 fully saturated rings. The third kappa shape index (κ3) is 3.44. The van der Waals surface area contributed by atoms with E-state index in [2.05, 4.69) is 13.8 Å². The van der Waals surface area contributed by atoms with Gasteiger partial charge in [-0.2, -0.15) is 11.8 Å². The molecule has 1 aliphatic heterocycles. The van der Waals surface area contributed by atoms with Gasteiger partial charge in [-0.3, -0.25) is 4.79 Å². The van der Waals surface area contributed by atoms with Crippen LogP contribution in [0.25, 0.3) is 0 Å². The number of anilines is 1. The normalized spacial score (nSPS) is 19.0. The molecule has 19 heavy (non-hydrogen) atoms. The largest absolute Gasteiger partial charge is 0.398 e. The number of rotatable bonds is 1. The zero-order valence-corrected chi connectivity index (χ0v) is 12.7. The fourth-order valence-electron chi connectivity index (χ4n) is 2.27. The van der Waals surface area contributed by atoms with Crippen LogP contribution < -0.4 is 5.73 Å². The van der Waals surface area contributed by atoms with E-state index in [1.807, 2.05) is 41.8 Å². The molecule has 0 atom stereocenters. The molecule has 2 rings (SSSR count). The van der Waals surface area contributed by atoms with Gasteiger partial charge in [-0.15, -0.1) is 0 Å². The Balaban J connectivity index is 2.15. The smallest absolute Gasteiger partial charge is 0.255 e. The van der Waals surface area contributed by atoms with Gasteiger partial charge in [0.05, 0.1) is 5.56 Å². The fraction of sp³-hybridized carbons (Fsp3) is 0.533. The Bertz CT molecular complexity index is 485. The average Bonchev–Trinajstić information content (AvgIpc) is 2.49.